The van der Waals surface area contributed by atoms with Crippen molar-refractivity contribution in [2.24, 2.45) is 0 Å². The van der Waals surface area contributed by atoms with Gasteiger partial charge in [0.05, 0.1) is 20.3 Å². The van der Waals surface area contributed by atoms with E-state index < -0.39 is 0 Å². The molecule has 0 bridgehead atoms. The summed E-state index contributed by atoms with van der Waals surface area (Å²) in [6.45, 7) is 1.18. The molecule has 3 aromatic rings. The number of ether oxygens (including phenoxy) is 2. The minimum absolute atomic E-state index is 0.0863. The quantitative estimate of drug-likeness (QED) is 0.630. The van der Waals surface area contributed by atoms with Gasteiger partial charge in [-0.25, -0.2) is 0 Å². The Bertz CT molecular complexity index is 1030. The SMILES string of the molecule is COc1cccc(OC)c1C(=O)N1CCC(N(C)c2nc3ccc(Cl)cc3o2)C1. The zero-order valence-corrected chi connectivity index (χ0v) is 17.3. The average Bonchev–Trinajstić information content (AvgIpc) is 3.39. The molecule has 1 aromatic heterocycles. The number of hydrogen-bond acceptors (Lipinski definition) is 6. The van der Waals surface area contributed by atoms with E-state index in [-0.39, 0.29) is 11.9 Å². The van der Waals surface area contributed by atoms with Crippen LogP contribution >= 0.6 is 11.6 Å². The van der Waals surface area contributed by atoms with Crippen molar-refractivity contribution in [3.63, 3.8) is 0 Å². The summed E-state index contributed by atoms with van der Waals surface area (Å²) < 4.78 is 16.6. The molecule has 2 aromatic carbocycles. The number of oxazole rings is 1. The molecule has 0 radical (unpaired) electrons. The van der Waals surface area contributed by atoms with Crippen molar-refractivity contribution in [3.05, 3.63) is 47.0 Å². The molecule has 1 saturated heterocycles. The van der Waals surface area contributed by atoms with Crippen LogP contribution in [0.3, 0.4) is 0 Å². The van der Waals surface area contributed by atoms with Gasteiger partial charge in [-0.05, 0) is 30.7 Å². The first kappa shape index (κ1) is 19.4. The predicted molar refractivity (Wildman–Crippen MR) is 111 cm³/mol. The van der Waals surface area contributed by atoms with Crippen molar-refractivity contribution in [2.45, 2.75) is 12.5 Å². The van der Waals surface area contributed by atoms with Crippen molar-refractivity contribution < 1.29 is 18.7 Å². The van der Waals surface area contributed by atoms with Gasteiger partial charge in [-0.15, -0.1) is 0 Å². The molecule has 29 heavy (non-hydrogen) atoms. The number of carbonyl (C=O) groups is 1. The number of halogens is 1. The molecule has 1 unspecified atom stereocenters. The smallest absolute Gasteiger partial charge is 0.298 e. The Morgan fingerprint density at radius 3 is 2.66 bits per heavy atom. The third-order valence-electron chi connectivity index (χ3n) is 5.28. The van der Waals surface area contributed by atoms with E-state index in [4.69, 9.17) is 25.5 Å². The molecule has 2 heterocycles. The second-order valence-electron chi connectivity index (χ2n) is 6.95. The number of rotatable bonds is 5. The number of methoxy groups -OCH3 is 2. The van der Waals surface area contributed by atoms with Crippen LogP contribution in [-0.2, 0) is 0 Å². The molecule has 0 saturated carbocycles. The van der Waals surface area contributed by atoms with Crippen molar-refractivity contribution in [2.75, 3.05) is 39.3 Å². The largest absolute Gasteiger partial charge is 0.496 e. The first-order valence-corrected chi connectivity index (χ1v) is 9.68. The maximum Gasteiger partial charge on any atom is 0.298 e. The van der Waals surface area contributed by atoms with E-state index in [0.29, 0.717) is 46.8 Å². The molecule has 0 spiro atoms. The summed E-state index contributed by atoms with van der Waals surface area (Å²) in [7, 11) is 5.02. The molecular formula is C21H22ClN3O4. The van der Waals surface area contributed by atoms with Crippen LogP contribution in [0.5, 0.6) is 11.5 Å². The van der Waals surface area contributed by atoms with Gasteiger partial charge >= 0.3 is 0 Å². The van der Waals surface area contributed by atoms with Crippen molar-refractivity contribution in [1.29, 1.82) is 0 Å². The van der Waals surface area contributed by atoms with E-state index in [1.54, 1.807) is 49.5 Å². The molecule has 4 rings (SSSR count). The molecular weight excluding hydrogens is 394 g/mol. The Labute approximate surface area is 173 Å². The minimum atomic E-state index is -0.112. The second-order valence-corrected chi connectivity index (χ2v) is 7.39. The fourth-order valence-electron chi connectivity index (χ4n) is 3.66. The number of likely N-dealkylation sites (N-methyl/N-ethyl adjacent to an activating group) is 1. The number of likely N-dealkylation sites (tertiary alicyclic amines) is 1. The van der Waals surface area contributed by atoms with Gasteiger partial charge in [0, 0.05) is 31.2 Å². The zero-order chi connectivity index (χ0) is 20.5. The fraction of sp³-hybridized carbons (Fsp3) is 0.333. The topological polar surface area (TPSA) is 68.0 Å². The summed E-state index contributed by atoms with van der Waals surface area (Å²) >= 11 is 6.03. The number of anilines is 1. The van der Waals surface area contributed by atoms with Gasteiger partial charge in [0.2, 0.25) is 0 Å². The van der Waals surface area contributed by atoms with E-state index in [2.05, 4.69) is 4.98 Å². The number of carbonyl (C=O) groups excluding carboxylic acids is 1. The minimum Gasteiger partial charge on any atom is -0.496 e. The Morgan fingerprint density at radius 2 is 1.97 bits per heavy atom. The molecule has 1 fully saturated rings. The summed E-state index contributed by atoms with van der Waals surface area (Å²) in [6.07, 6.45) is 0.805. The molecule has 1 aliphatic heterocycles. The molecule has 8 heteroatoms. The maximum atomic E-state index is 13.2. The summed E-state index contributed by atoms with van der Waals surface area (Å²) in [5.41, 5.74) is 1.84. The van der Waals surface area contributed by atoms with Crippen molar-refractivity contribution in [1.82, 2.24) is 9.88 Å². The summed E-state index contributed by atoms with van der Waals surface area (Å²) in [4.78, 5) is 21.5. The van der Waals surface area contributed by atoms with Crippen LogP contribution in [0.15, 0.2) is 40.8 Å². The maximum absolute atomic E-state index is 13.2. The van der Waals surface area contributed by atoms with Gasteiger partial charge in [-0.1, -0.05) is 17.7 Å². The highest BCUT2D eigenvalue weighted by Crippen LogP contribution is 2.32. The second kappa shape index (κ2) is 7.83. The van der Waals surface area contributed by atoms with Gasteiger partial charge in [0.25, 0.3) is 11.9 Å². The first-order chi connectivity index (χ1) is 14.0. The van der Waals surface area contributed by atoms with Crippen molar-refractivity contribution >= 4 is 34.6 Å². The number of fused-ring (bicyclic) bond motifs is 1. The van der Waals surface area contributed by atoms with Crippen LogP contribution in [0.4, 0.5) is 6.01 Å². The van der Waals surface area contributed by atoms with Crippen LogP contribution in [0, 0.1) is 0 Å². The van der Waals surface area contributed by atoms with Gasteiger partial charge in [-0.3, -0.25) is 4.79 Å². The Balaban J connectivity index is 1.53. The van der Waals surface area contributed by atoms with E-state index >= 15 is 0 Å². The van der Waals surface area contributed by atoms with Crippen LogP contribution in [0.25, 0.3) is 11.1 Å². The number of aromatic nitrogens is 1. The van der Waals surface area contributed by atoms with Crippen LogP contribution in [0.1, 0.15) is 16.8 Å². The monoisotopic (exact) mass is 415 g/mol. The number of nitrogens with zero attached hydrogens (tertiary/aromatic N) is 3. The van der Waals surface area contributed by atoms with Gasteiger partial charge in [0.15, 0.2) is 5.58 Å². The molecule has 0 N–H and O–H groups in total. The molecule has 0 aliphatic carbocycles. The standard InChI is InChI=1S/C21H22ClN3O4/c1-24(21-23-15-8-7-13(22)11-18(15)29-21)14-9-10-25(12-14)20(26)19-16(27-2)5-4-6-17(19)28-3/h4-8,11,14H,9-10,12H2,1-3H3. The molecule has 152 valence electrons. The van der Waals surface area contributed by atoms with Gasteiger partial charge in [-0.2, -0.15) is 4.98 Å². The van der Waals surface area contributed by atoms with Gasteiger partial charge in [0.1, 0.15) is 22.6 Å². The first-order valence-electron chi connectivity index (χ1n) is 9.31. The Kier molecular flexibility index (Phi) is 5.24. The number of hydrogen-bond donors (Lipinski definition) is 0. The molecule has 1 aliphatic rings. The van der Waals surface area contributed by atoms with Crippen LogP contribution < -0.4 is 14.4 Å². The lowest BCUT2D eigenvalue weighted by Gasteiger charge is -2.24. The highest BCUT2D eigenvalue weighted by atomic mass is 35.5. The summed E-state index contributed by atoms with van der Waals surface area (Å²) in [5, 5.41) is 0.603. The zero-order valence-electron chi connectivity index (χ0n) is 16.5. The van der Waals surface area contributed by atoms with Crippen molar-refractivity contribution in [3.8, 4) is 11.5 Å². The summed E-state index contributed by atoms with van der Waals surface area (Å²) in [6, 6.07) is 11.3. The molecule has 7 nitrogen and oxygen atoms in total. The summed E-state index contributed by atoms with van der Waals surface area (Å²) in [5.74, 6) is 0.892. The van der Waals surface area contributed by atoms with E-state index in [1.807, 2.05) is 18.0 Å². The predicted octanol–water partition coefficient (Wildman–Crippen LogP) is 3.85. The van der Waals surface area contributed by atoms with Crippen LogP contribution in [-0.4, -0.2) is 56.2 Å². The highest BCUT2D eigenvalue weighted by molar-refractivity contribution is 6.31. The van der Waals surface area contributed by atoms with E-state index in [1.165, 1.54) is 0 Å². The third-order valence-corrected chi connectivity index (χ3v) is 5.52. The third kappa shape index (κ3) is 3.58. The molecule has 1 amide bonds. The lowest BCUT2D eigenvalue weighted by Crippen LogP contribution is -2.37. The Hall–Kier alpha value is -2.93. The number of amides is 1. The highest BCUT2D eigenvalue weighted by Gasteiger charge is 2.33. The lowest BCUT2D eigenvalue weighted by molar-refractivity contribution is 0.0783. The van der Waals surface area contributed by atoms with E-state index in [0.717, 1.165) is 11.9 Å². The lowest BCUT2D eigenvalue weighted by atomic mass is 10.1. The van der Waals surface area contributed by atoms with Crippen LogP contribution in [0.2, 0.25) is 5.02 Å². The van der Waals surface area contributed by atoms with Gasteiger partial charge < -0.3 is 23.7 Å². The average molecular weight is 416 g/mol. The molecule has 1 atom stereocenters. The number of benzene rings is 2. The Morgan fingerprint density at radius 1 is 1.24 bits per heavy atom. The normalized spacial score (nSPS) is 16.3. The van der Waals surface area contributed by atoms with E-state index in [9.17, 15) is 4.79 Å². The fourth-order valence-corrected chi connectivity index (χ4v) is 3.82.